The zero-order valence-corrected chi connectivity index (χ0v) is 14.5. The lowest BCUT2D eigenvalue weighted by Gasteiger charge is -2.30. The van der Waals surface area contributed by atoms with Crippen LogP contribution in [0.2, 0.25) is 0 Å². The van der Waals surface area contributed by atoms with Gasteiger partial charge in [0.15, 0.2) is 0 Å². The van der Waals surface area contributed by atoms with Crippen molar-refractivity contribution in [1.82, 2.24) is 0 Å². The third kappa shape index (κ3) is 5.40. The minimum atomic E-state index is -3.91. The molecule has 3 nitrogen and oxygen atoms in total. The number of aryl methyl sites for hydroxylation is 3. The zero-order valence-electron chi connectivity index (χ0n) is 13.6. The van der Waals surface area contributed by atoms with E-state index >= 15 is 0 Å². The normalized spacial score (nSPS) is 11.8. The second-order valence-corrected chi connectivity index (χ2v) is 7.53. The highest BCUT2D eigenvalue weighted by Crippen LogP contribution is 2.56. The lowest BCUT2D eigenvalue weighted by Crippen LogP contribution is -2.25. The molecule has 0 heterocycles. The van der Waals surface area contributed by atoms with E-state index in [2.05, 4.69) is 39.0 Å². The van der Waals surface area contributed by atoms with Gasteiger partial charge in [-0.15, -0.1) is 0 Å². The summed E-state index contributed by atoms with van der Waals surface area (Å²) >= 11 is 0. The van der Waals surface area contributed by atoms with Crippen LogP contribution in [0.4, 0.5) is 0 Å². The van der Waals surface area contributed by atoms with Gasteiger partial charge in [-0.1, -0.05) is 55.7 Å². The van der Waals surface area contributed by atoms with Crippen molar-refractivity contribution in [2.45, 2.75) is 66.0 Å². The highest BCUT2D eigenvalue weighted by atomic mass is 31.2. The van der Waals surface area contributed by atoms with Gasteiger partial charge in [0.05, 0.1) is 5.16 Å². The van der Waals surface area contributed by atoms with Gasteiger partial charge < -0.3 is 9.79 Å². The summed E-state index contributed by atoms with van der Waals surface area (Å²) in [7, 11) is -3.91. The Morgan fingerprint density at radius 2 is 1.10 bits per heavy atom. The predicted molar refractivity (Wildman–Crippen MR) is 86.3 cm³/mol. The van der Waals surface area contributed by atoms with Crippen LogP contribution in [0.1, 0.15) is 56.7 Å². The molecule has 1 rings (SSSR count). The summed E-state index contributed by atoms with van der Waals surface area (Å²) in [5.41, 5.74) is 4.06. The van der Waals surface area contributed by atoms with Crippen LogP contribution >= 0.6 is 7.60 Å². The summed E-state index contributed by atoms with van der Waals surface area (Å²) in [5, 5.41) is -0.771. The van der Waals surface area contributed by atoms with E-state index in [9.17, 15) is 4.57 Å². The molecule has 0 unspecified atom stereocenters. The molecule has 0 atom stereocenters. The molecule has 2 N–H and O–H groups in total. The van der Waals surface area contributed by atoms with Crippen molar-refractivity contribution < 1.29 is 14.4 Å². The van der Waals surface area contributed by atoms with Gasteiger partial charge in [-0.25, -0.2) is 0 Å². The molecule has 0 amide bonds. The molecule has 1 aromatic rings. The van der Waals surface area contributed by atoms with Crippen LogP contribution in [-0.4, -0.2) is 14.9 Å². The standard InChI is InChI=1S/C9H12.C7H17O3P/c1-7-4-8(2)6-9(3)5-7;1-4-7(5-2,6-3)11(8,9)10/h4-6H,1-3H3;4-6H2,1-3H3,(H2,8,9,10). The van der Waals surface area contributed by atoms with E-state index in [0.29, 0.717) is 19.3 Å². The maximum absolute atomic E-state index is 11.0. The van der Waals surface area contributed by atoms with Gasteiger partial charge in [-0.2, -0.15) is 0 Å². The summed E-state index contributed by atoms with van der Waals surface area (Å²) < 4.78 is 11.0. The topological polar surface area (TPSA) is 57.5 Å². The predicted octanol–water partition coefficient (Wildman–Crippen LogP) is 4.74. The van der Waals surface area contributed by atoms with Crippen LogP contribution in [0, 0.1) is 20.8 Å². The molecule has 0 radical (unpaired) electrons. The minimum absolute atomic E-state index is 0.546. The van der Waals surface area contributed by atoms with Crippen molar-refractivity contribution in [1.29, 1.82) is 0 Å². The lowest BCUT2D eigenvalue weighted by atomic mass is 9.99. The monoisotopic (exact) mass is 300 g/mol. The van der Waals surface area contributed by atoms with Crippen LogP contribution in [0.15, 0.2) is 18.2 Å². The second kappa shape index (κ2) is 7.97. The molecule has 0 saturated carbocycles. The Morgan fingerprint density at radius 1 is 0.850 bits per heavy atom. The minimum Gasteiger partial charge on any atom is -0.324 e. The first-order valence-corrected chi connectivity index (χ1v) is 8.83. The fourth-order valence-corrected chi connectivity index (χ4v) is 3.81. The first-order chi connectivity index (χ1) is 9.11. The maximum Gasteiger partial charge on any atom is 0.331 e. The number of hydrogen-bond acceptors (Lipinski definition) is 1. The molecule has 0 aromatic heterocycles. The molecule has 0 fully saturated rings. The van der Waals surface area contributed by atoms with E-state index in [0.717, 1.165) is 0 Å². The van der Waals surface area contributed by atoms with Crippen LogP contribution < -0.4 is 0 Å². The van der Waals surface area contributed by atoms with E-state index in [-0.39, 0.29) is 0 Å². The van der Waals surface area contributed by atoms with E-state index in [1.165, 1.54) is 16.7 Å². The fourth-order valence-electron chi connectivity index (χ4n) is 2.57. The lowest BCUT2D eigenvalue weighted by molar-refractivity contribution is 0.309. The Hall–Kier alpha value is -0.630. The van der Waals surface area contributed by atoms with Gasteiger partial charge in [-0.05, 0) is 40.0 Å². The molecule has 20 heavy (non-hydrogen) atoms. The third-order valence-corrected chi connectivity index (χ3v) is 6.14. The number of benzene rings is 1. The first-order valence-electron chi connectivity index (χ1n) is 7.22. The van der Waals surface area contributed by atoms with E-state index in [4.69, 9.17) is 9.79 Å². The Labute approximate surface area is 123 Å². The molecule has 0 saturated heterocycles. The quantitative estimate of drug-likeness (QED) is 0.789. The SMILES string of the molecule is CCC(CC)(CC)P(=O)(O)O.Cc1cc(C)cc(C)c1. The fraction of sp³-hybridized carbons (Fsp3) is 0.625. The first kappa shape index (κ1) is 19.4. The molecule has 0 aliphatic rings. The molecule has 0 spiro atoms. The molecule has 1 aromatic carbocycles. The van der Waals surface area contributed by atoms with Gasteiger partial charge >= 0.3 is 7.60 Å². The summed E-state index contributed by atoms with van der Waals surface area (Å²) in [5.74, 6) is 0. The Balaban J connectivity index is 0.000000367. The molecule has 4 heteroatoms. The molecular formula is C16H29O3P. The van der Waals surface area contributed by atoms with E-state index in [1.54, 1.807) is 0 Å². The van der Waals surface area contributed by atoms with Gasteiger partial charge in [0.1, 0.15) is 0 Å². The van der Waals surface area contributed by atoms with Crippen molar-refractivity contribution in [3.8, 4) is 0 Å². The molecular weight excluding hydrogens is 271 g/mol. The molecule has 0 bridgehead atoms. The van der Waals surface area contributed by atoms with Crippen LogP contribution in [0.25, 0.3) is 0 Å². The zero-order chi connectivity index (χ0) is 16.0. The molecule has 0 aliphatic carbocycles. The smallest absolute Gasteiger partial charge is 0.324 e. The highest BCUT2D eigenvalue weighted by molar-refractivity contribution is 7.53. The Morgan fingerprint density at radius 3 is 1.20 bits per heavy atom. The van der Waals surface area contributed by atoms with Gasteiger partial charge in [-0.3, -0.25) is 4.57 Å². The van der Waals surface area contributed by atoms with Gasteiger partial charge in [0.2, 0.25) is 0 Å². The van der Waals surface area contributed by atoms with Crippen molar-refractivity contribution in [3.05, 3.63) is 34.9 Å². The number of rotatable bonds is 4. The van der Waals surface area contributed by atoms with Gasteiger partial charge in [0.25, 0.3) is 0 Å². The second-order valence-electron chi connectivity index (χ2n) is 5.49. The average molecular weight is 300 g/mol. The summed E-state index contributed by atoms with van der Waals surface area (Å²) in [6.07, 6.45) is 1.64. The number of hydrogen-bond donors (Lipinski definition) is 2. The van der Waals surface area contributed by atoms with E-state index in [1.807, 2.05) is 20.8 Å². The van der Waals surface area contributed by atoms with Crippen molar-refractivity contribution in [2.24, 2.45) is 0 Å². The maximum atomic E-state index is 11.0. The molecule has 116 valence electrons. The molecule has 0 aliphatic heterocycles. The van der Waals surface area contributed by atoms with E-state index < -0.39 is 12.8 Å². The average Bonchev–Trinajstić information content (AvgIpc) is 2.29. The highest BCUT2D eigenvalue weighted by Gasteiger charge is 2.41. The van der Waals surface area contributed by atoms with Crippen LogP contribution in [0.5, 0.6) is 0 Å². The Bertz CT molecular complexity index is 400. The van der Waals surface area contributed by atoms with Crippen molar-refractivity contribution >= 4 is 7.60 Å². The van der Waals surface area contributed by atoms with Crippen LogP contribution in [0.3, 0.4) is 0 Å². The van der Waals surface area contributed by atoms with Crippen molar-refractivity contribution in [3.63, 3.8) is 0 Å². The van der Waals surface area contributed by atoms with Crippen molar-refractivity contribution in [2.75, 3.05) is 0 Å². The summed E-state index contributed by atoms with van der Waals surface area (Å²) in [4.78, 5) is 18.1. The van der Waals surface area contributed by atoms with Crippen LogP contribution in [-0.2, 0) is 4.57 Å². The largest absolute Gasteiger partial charge is 0.331 e. The Kier molecular flexibility index (Phi) is 7.72. The van der Waals surface area contributed by atoms with Gasteiger partial charge in [0, 0.05) is 0 Å². The third-order valence-electron chi connectivity index (χ3n) is 3.96. The summed E-state index contributed by atoms with van der Waals surface area (Å²) in [6, 6.07) is 6.56. The summed E-state index contributed by atoms with van der Waals surface area (Å²) in [6.45, 7) is 11.9.